The van der Waals surface area contributed by atoms with Crippen LogP contribution in [-0.2, 0) is 26.5 Å². The number of aromatic nitrogens is 3. The third kappa shape index (κ3) is 2.79. The van der Waals surface area contributed by atoms with Crippen molar-refractivity contribution in [2.45, 2.75) is 31.0 Å². The van der Waals surface area contributed by atoms with Crippen molar-refractivity contribution >= 4 is 17.6 Å². The molecule has 0 amide bonds. The van der Waals surface area contributed by atoms with Crippen molar-refractivity contribution in [3.8, 4) is 0 Å². The summed E-state index contributed by atoms with van der Waals surface area (Å²) in [5.41, 5.74) is -0.720. The molecular formula is C16H19ClN4O3. The highest BCUT2D eigenvalue weighted by Crippen LogP contribution is 2.46. The Kier molecular flexibility index (Phi) is 4.33. The maximum absolute atomic E-state index is 12.2. The SMILES string of the molecule is COC(=O)C1(C)CC(Cn2cncn2)(c2ccc(Cl)cc2)N(C)O1. The minimum Gasteiger partial charge on any atom is -0.467 e. The lowest BCUT2D eigenvalue weighted by Crippen LogP contribution is -2.42. The Bertz CT molecular complexity index is 721. The second-order valence-electron chi connectivity index (χ2n) is 6.12. The number of hydrogen-bond acceptors (Lipinski definition) is 6. The van der Waals surface area contributed by atoms with E-state index in [-0.39, 0.29) is 0 Å². The normalized spacial score (nSPS) is 27.3. The molecule has 0 radical (unpaired) electrons. The zero-order valence-corrected chi connectivity index (χ0v) is 14.5. The molecule has 1 aromatic heterocycles. The van der Waals surface area contributed by atoms with Crippen molar-refractivity contribution in [2.75, 3.05) is 14.2 Å². The molecule has 2 heterocycles. The molecule has 2 atom stereocenters. The molecule has 3 rings (SSSR count). The summed E-state index contributed by atoms with van der Waals surface area (Å²) < 4.78 is 6.64. The van der Waals surface area contributed by atoms with E-state index in [4.69, 9.17) is 21.2 Å². The molecule has 0 N–H and O–H groups in total. The minimum atomic E-state index is -1.08. The van der Waals surface area contributed by atoms with E-state index in [1.165, 1.54) is 13.4 Å². The average Bonchev–Trinajstić information content (AvgIpc) is 3.15. The van der Waals surface area contributed by atoms with Crippen LogP contribution in [0.15, 0.2) is 36.9 Å². The summed E-state index contributed by atoms with van der Waals surface area (Å²) in [6.45, 7) is 2.20. The highest BCUT2D eigenvalue weighted by Gasteiger charge is 2.57. The number of hydroxylamine groups is 2. The smallest absolute Gasteiger partial charge is 0.340 e. The molecule has 2 aromatic rings. The van der Waals surface area contributed by atoms with Gasteiger partial charge >= 0.3 is 5.97 Å². The quantitative estimate of drug-likeness (QED) is 0.786. The summed E-state index contributed by atoms with van der Waals surface area (Å²) in [5.74, 6) is -0.413. The van der Waals surface area contributed by atoms with Crippen LogP contribution in [0.5, 0.6) is 0 Å². The van der Waals surface area contributed by atoms with E-state index in [0.29, 0.717) is 18.0 Å². The number of methoxy groups -OCH3 is 1. The number of nitrogens with zero attached hydrogens (tertiary/aromatic N) is 4. The minimum absolute atomic E-state index is 0.407. The maximum Gasteiger partial charge on any atom is 0.340 e. The summed E-state index contributed by atoms with van der Waals surface area (Å²) in [5, 5.41) is 6.54. The summed E-state index contributed by atoms with van der Waals surface area (Å²) in [7, 11) is 3.16. The van der Waals surface area contributed by atoms with Crippen molar-refractivity contribution in [3.63, 3.8) is 0 Å². The second kappa shape index (κ2) is 6.16. The molecule has 1 aromatic carbocycles. The largest absolute Gasteiger partial charge is 0.467 e. The van der Waals surface area contributed by atoms with Gasteiger partial charge in [0.25, 0.3) is 0 Å². The van der Waals surface area contributed by atoms with Crippen molar-refractivity contribution in [2.24, 2.45) is 0 Å². The monoisotopic (exact) mass is 350 g/mol. The number of carbonyl (C=O) groups is 1. The fraction of sp³-hybridized carbons (Fsp3) is 0.438. The molecule has 1 saturated heterocycles. The van der Waals surface area contributed by atoms with Gasteiger partial charge < -0.3 is 4.74 Å². The van der Waals surface area contributed by atoms with Crippen LogP contribution < -0.4 is 0 Å². The van der Waals surface area contributed by atoms with Gasteiger partial charge in [0.2, 0.25) is 0 Å². The van der Waals surface area contributed by atoms with Crippen molar-refractivity contribution in [3.05, 3.63) is 47.5 Å². The Balaban J connectivity index is 2.05. The molecule has 1 fully saturated rings. The third-order valence-corrected chi connectivity index (χ3v) is 4.71. The molecule has 2 unspecified atom stereocenters. The van der Waals surface area contributed by atoms with Crippen LogP contribution in [-0.4, -0.2) is 45.6 Å². The Morgan fingerprint density at radius 3 is 2.71 bits per heavy atom. The summed E-state index contributed by atoms with van der Waals surface area (Å²) in [6.07, 6.45) is 3.52. The highest BCUT2D eigenvalue weighted by molar-refractivity contribution is 6.30. The van der Waals surface area contributed by atoms with Gasteiger partial charge in [-0.1, -0.05) is 23.7 Å². The average molecular weight is 351 g/mol. The molecule has 0 saturated carbocycles. The van der Waals surface area contributed by atoms with Gasteiger partial charge in [-0.25, -0.2) is 9.78 Å². The number of esters is 1. The molecule has 8 heteroatoms. The number of hydrogen-bond donors (Lipinski definition) is 0. The van der Waals surface area contributed by atoms with Gasteiger partial charge in [-0.15, -0.1) is 0 Å². The van der Waals surface area contributed by atoms with Gasteiger partial charge in [0, 0.05) is 18.5 Å². The molecule has 128 valence electrons. The fourth-order valence-corrected chi connectivity index (χ4v) is 3.42. The van der Waals surface area contributed by atoms with E-state index in [1.807, 2.05) is 24.3 Å². The number of halogens is 1. The number of benzene rings is 1. The van der Waals surface area contributed by atoms with Crippen molar-refractivity contribution in [1.82, 2.24) is 19.8 Å². The van der Waals surface area contributed by atoms with Gasteiger partial charge in [-0.2, -0.15) is 10.2 Å². The first-order valence-corrected chi connectivity index (χ1v) is 7.87. The number of ether oxygens (including phenoxy) is 1. The zero-order chi connectivity index (χ0) is 17.4. The second-order valence-corrected chi connectivity index (χ2v) is 6.56. The van der Waals surface area contributed by atoms with Crippen LogP contribution in [0.4, 0.5) is 0 Å². The molecular weight excluding hydrogens is 332 g/mol. The lowest BCUT2D eigenvalue weighted by molar-refractivity contribution is -0.218. The van der Waals surface area contributed by atoms with Gasteiger partial charge in [-0.3, -0.25) is 9.52 Å². The molecule has 1 aliphatic heterocycles. The third-order valence-electron chi connectivity index (χ3n) is 4.46. The van der Waals surface area contributed by atoms with E-state index in [2.05, 4.69) is 10.1 Å². The Morgan fingerprint density at radius 2 is 2.12 bits per heavy atom. The molecule has 7 nitrogen and oxygen atoms in total. The summed E-state index contributed by atoms with van der Waals surface area (Å²) in [6, 6.07) is 7.51. The summed E-state index contributed by atoms with van der Waals surface area (Å²) in [4.78, 5) is 22.1. The molecule has 0 aliphatic carbocycles. The van der Waals surface area contributed by atoms with Crippen LogP contribution in [0.25, 0.3) is 0 Å². The first kappa shape index (κ1) is 16.9. The zero-order valence-electron chi connectivity index (χ0n) is 13.8. The Morgan fingerprint density at radius 1 is 1.42 bits per heavy atom. The van der Waals surface area contributed by atoms with Crippen LogP contribution >= 0.6 is 11.6 Å². The Labute approximate surface area is 145 Å². The first-order valence-electron chi connectivity index (χ1n) is 7.49. The van der Waals surface area contributed by atoms with Crippen LogP contribution in [0, 0.1) is 0 Å². The summed E-state index contributed by atoms with van der Waals surface area (Å²) >= 11 is 6.03. The predicted octanol–water partition coefficient (Wildman–Crippen LogP) is 2.03. The number of likely N-dealkylation sites (N-methyl/N-ethyl adjacent to an activating group) is 1. The predicted molar refractivity (Wildman–Crippen MR) is 87.0 cm³/mol. The maximum atomic E-state index is 12.2. The first-order chi connectivity index (χ1) is 11.4. The molecule has 24 heavy (non-hydrogen) atoms. The number of carbonyl (C=O) groups excluding carboxylic acids is 1. The van der Waals surface area contributed by atoms with Gasteiger partial charge in [0.1, 0.15) is 12.7 Å². The van der Waals surface area contributed by atoms with E-state index in [0.717, 1.165) is 5.56 Å². The lowest BCUT2D eigenvalue weighted by Gasteiger charge is -2.34. The molecule has 0 spiro atoms. The van der Waals surface area contributed by atoms with Crippen LogP contribution in [0.3, 0.4) is 0 Å². The van der Waals surface area contributed by atoms with Gasteiger partial charge in [0.15, 0.2) is 5.60 Å². The standard InChI is InChI=1S/C16H19ClN4O3/c1-15(14(22)23-3)8-16(20(2)24-15,9-21-11-18-10-19-21)12-4-6-13(17)7-5-12/h4-7,10-11H,8-9H2,1-3H3. The van der Waals surface area contributed by atoms with E-state index >= 15 is 0 Å². The van der Waals surface area contributed by atoms with Gasteiger partial charge in [0.05, 0.1) is 19.2 Å². The van der Waals surface area contributed by atoms with E-state index in [1.54, 1.807) is 30.0 Å². The van der Waals surface area contributed by atoms with Crippen molar-refractivity contribution in [1.29, 1.82) is 0 Å². The van der Waals surface area contributed by atoms with E-state index in [9.17, 15) is 4.79 Å². The Hall–Kier alpha value is -1.96. The topological polar surface area (TPSA) is 69.5 Å². The van der Waals surface area contributed by atoms with Crippen LogP contribution in [0.2, 0.25) is 5.02 Å². The highest BCUT2D eigenvalue weighted by atomic mass is 35.5. The van der Waals surface area contributed by atoms with Gasteiger partial charge in [-0.05, 0) is 24.6 Å². The number of rotatable bonds is 4. The van der Waals surface area contributed by atoms with Crippen molar-refractivity contribution < 1.29 is 14.4 Å². The molecule has 1 aliphatic rings. The lowest BCUT2D eigenvalue weighted by atomic mass is 9.81. The fourth-order valence-electron chi connectivity index (χ4n) is 3.29. The molecule has 0 bridgehead atoms. The van der Waals surface area contributed by atoms with Crippen LogP contribution in [0.1, 0.15) is 18.9 Å². The van der Waals surface area contributed by atoms with E-state index < -0.39 is 17.1 Å².